The van der Waals surface area contributed by atoms with E-state index in [-0.39, 0.29) is 97.2 Å². The van der Waals surface area contributed by atoms with Crippen molar-refractivity contribution in [3.63, 3.8) is 0 Å². The minimum absolute atomic E-state index is 0. The molecule has 2 aliphatic heterocycles. The number of rotatable bonds is 24. The van der Waals surface area contributed by atoms with Crippen LogP contribution in [0.4, 0.5) is 0 Å². The number of carbonyl (C=O) groups is 8. The van der Waals surface area contributed by atoms with Gasteiger partial charge >= 0.3 is 0 Å². The number of hydrogen-bond acceptors (Lipinski definition) is 10. The number of hydrogen-bond donors (Lipinski definition) is 8. The molecule has 78 heavy (non-hydrogen) atoms. The topological polar surface area (TPSA) is 239 Å². The van der Waals surface area contributed by atoms with Crippen molar-refractivity contribution in [2.45, 2.75) is 165 Å². The molecule has 0 bridgehead atoms. The summed E-state index contributed by atoms with van der Waals surface area (Å²) in [6.45, 7) is 4.83. The number of likely N-dealkylation sites (N-methyl/N-ethyl adjacent to an activating group) is 2. The average molecular weight is 1120 g/mol. The lowest BCUT2D eigenvalue weighted by Crippen LogP contribution is -2.55. The number of amides is 8. The number of likely N-dealkylation sites (tertiary alicyclic amines) is 2. The normalized spacial score (nSPS) is 19.9. The molecule has 2 fully saturated rings. The maximum Gasteiger partial charge on any atom is 0.251 e. The van der Waals surface area contributed by atoms with E-state index in [1.54, 1.807) is 55.9 Å². The molecule has 3 aromatic carbocycles. The van der Waals surface area contributed by atoms with Gasteiger partial charge < -0.3 is 52.3 Å². The number of unbranched alkanes of at least 4 members (excludes halogenated alkanes) is 2. The highest BCUT2D eigenvalue weighted by atomic mass is 35.5. The molecule has 3 aromatic rings. The third-order valence-electron chi connectivity index (χ3n) is 15.7. The van der Waals surface area contributed by atoms with E-state index in [9.17, 15) is 38.4 Å². The SMILES string of the molecule is CN[C@@H](C)C(=O)N[C@@H](CCCCNC(=O)c1cccc(C(=O)NCCCC[C@H](NC(=O)[C@@H](C)NC)C(=O)N2CCC[C@H]2C(=O)N[C@@H]2CCCc3ccccc32)c1)C(=O)N1CCC[C@H]1C(=O)N[C@@H]1CCCc2ccccc21.Cl.Cl. The predicted octanol–water partition coefficient (Wildman–Crippen LogP) is 4.89. The van der Waals surface area contributed by atoms with E-state index >= 15 is 0 Å². The van der Waals surface area contributed by atoms with Crippen LogP contribution in [0.15, 0.2) is 72.8 Å². The summed E-state index contributed by atoms with van der Waals surface area (Å²) in [5.74, 6) is -2.34. The van der Waals surface area contributed by atoms with Gasteiger partial charge in [-0.3, -0.25) is 38.4 Å². The van der Waals surface area contributed by atoms with Crippen molar-refractivity contribution in [3.8, 4) is 0 Å². The van der Waals surface area contributed by atoms with Crippen molar-refractivity contribution < 1.29 is 38.4 Å². The molecule has 2 saturated heterocycles. The predicted molar refractivity (Wildman–Crippen MR) is 304 cm³/mol. The Balaban J connectivity index is 0.00000560. The molecule has 20 heteroatoms. The maximum atomic E-state index is 14.2. The summed E-state index contributed by atoms with van der Waals surface area (Å²) in [7, 11) is 3.34. The zero-order valence-corrected chi connectivity index (χ0v) is 47.3. The number of benzene rings is 3. The maximum absolute atomic E-state index is 14.2. The van der Waals surface area contributed by atoms with Crippen LogP contribution < -0.4 is 42.5 Å². The minimum Gasteiger partial charge on any atom is -0.352 e. The molecule has 4 aliphatic rings. The Morgan fingerprint density at radius 1 is 0.526 bits per heavy atom. The third-order valence-corrected chi connectivity index (χ3v) is 15.7. The first-order chi connectivity index (χ1) is 36.8. The quantitative estimate of drug-likeness (QED) is 0.0566. The number of carbonyl (C=O) groups excluding carboxylic acids is 8. The van der Waals surface area contributed by atoms with Gasteiger partial charge in [-0.25, -0.2) is 0 Å². The first-order valence-corrected chi connectivity index (χ1v) is 27.8. The van der Waals surface area contributed by atoms with Gasteiger partial charge in [-0.1, -0.05) is 54.6 Å². The number of nitrogens with one attached hydrogen (secondary N) is 8. The van der Waals surface area contributed by atoms with Gasteiger partial charge in [-0.05, 0) is 171 Å². The smallest absolute Gasteiger partial charge is 0.251 e. The zero-order valence-electron chi connectivity index (χ0n) is 45.7. The van der Waals surface area contributed by atoms with E-state index in [4.69, 9.17) is 0 Å². The summed E-state index contributed by atoms with van der Waals surface area (Å²) >= 11 is 0. The third kappa shape index (κ3) is 16.5. The lowest BCUT2D eigenvalue weighted by Gasteiger charge is -2.32. The largest absolute Gasteiger partial charge is 0.352 e. The summed E-state index contributed by atoms with van der Waals surface area (Å²) < 4.78 is 0. The standard InChI is InChI=1S/C58H80N10O8.2ClH/c1-37(59-3)51(69)65-47(57(75)67-34-16-30-49(67)55(73)63-45-28-14-20-39-18-5-7-24-43(39)45)26-9-11-32-61-53(71)41-22-13-23-42(36-41)54(72)62-33-12-10-27-48(66-52(70)38(2)60-4)58(76)68-35-17-31-50(68)56(74)64-46-29-15-21-40-19-6-8-25-44(40)46;;/h5-8,13,18-19,22-25,36-38,45-50,59-60H,9-12,14-17,20-21,26-35H2,1-4H3,(H,61,71)(H,62,72)(H,63,73)(H,64,74)(H,65,69)(H,66,70);2*1H/t37-,38+,45-,46-,47+,48+,49+,50+;;/m1../s1. The van der Waals surface area contributed by atoms with Gasteiger partial charge in [0.15, 0.2) is 0 Å². The first kappa shape index (κ1) is 62.8. The summed E-state index contributed by atoms with van der Waals surface area (Å²) in [6, 6.07) is 18.4. The van der Waals surface area contributed by atoms with E-state index in [0.29, 0.717) is 88.4 Å². The van der Waals surface area contributed by atoms with Crippen molar-refractivity contribution in [1.29, 1.82) is 0 Å². The molecule has 8 atom stereocenters. The van der Waals surface area contributed by atoms with Gasteiger partial charge in [0.1, 0.15) is 24.2 Å². The van der Waals surface area contributed by atoms with Crippen molar-refractivity contribution in [1.82, 2.24) is 52.3 Å². The van der Waals surface area contributed by atoms with E-state index in [1.165, 1.54) is 17.2 Å². The van der Waals surface area contributed by atoms with E-state index in [0.717, 1.165) is 49.7 Å². The molecular formula is C58H82Cl2N10O8. The molecule has 18 nitrogen and oxygen atoms in total. The van der Waals surface area contributed by atoms with E-state index < -0.39 is 36.3 Å². The summed E-state index contributed by atoms with van der Waals surface area (Å²) in [6.07, 6.45) is 10.6. The van der Waals surface area contributed by atoms with Crippen molar-refractivity contribution in [2.24, 2.45) is 0 Å². The van der Waals surface area contributed by atoms with Gasteiger partial charge in [0.05, 0.1) is 24.2 Å². The van der Waals surface area contributed by atoms with E-state index in [2.05, 4.69) is 66.8 Å². The van der Waals surface area contributed by atoms with Gasteiger partial charge in [-0.15, -0.1) is 24.8 Å². The Bertz CT molecular complexity index is 2390. The van der Waals surface area contributed by atoms with Crippen LogP contribution in [0.25, 0.3) is 0 Å². The number of nitrogens with zero attached hydrogens (tertiary/aromatic N) is 2. The van der Waals surface area contributed by atoms with Crippen LogP contribution in [0.3, 0.4) is 0 Å². The number of fused-ring (bicyclic) bond motifs is 2. The van der Waals surface area contributed by atoms with E-state index in [1.807, 2.05) is 24.3 Å². The molecule has 0 spiro atoms. The van der Waals surface area contributed by atoms with Crippen LogP contribution in [0, 0.1) is 0 Å². The number of halogens is 2. The van der Waals surface area contributed by atoms with Crippen LogP contribution in [0.1, 0.15) is 159 Å². The van der Waals surface area contributed by atoms with Crippen LogP contribution in [0.5, 0.6) is 0 Å². The van der Waals surface area contributed by atoms with Gasteiger partial charge in [-0.2, -0.15) is 0 Å². The molecule has 0 unspecified atom stereocenters. The lowest BCUT2D eigenvalue weighted by atomic mass is 9.87. The molecule has 8 N–H and O–H groups in total. The molecule has 0 saturated carbocycles. The number of aryl methyl sites for hydroxylation is 2. The molecule has 0 radical (unpaired) electrons. The molecule has 426 valence electrons. The van der Waals surface area contributed by atoms with Crippen LogP contribution in [0.2, 0.25) is 0 Å². The highest BCUT2D eigenvalue weighted by Gasteiger charge is 2.41. The van der Waals surface area contributed by atoms with Crippen molar-refractivity contribution in [2.75, 3.05) is 40.3 Å². The Kier molecular flexibility index (Phi) is 24.9. The summed E-state index contributed by atoms with van der Waals surface area (Å²) in [5.41, 5.74) is 5.31. The fourth-order valence-electron chi connectivity index (χ4n) is 11.1. The fraction of sp³-hybridized carbons (Fsp3) is 0.552. The van der Waals surface area contributed by atoms with Crippen molar-refractivity contribution >= 4 is 72.1 Å². The Morgan fingerprint density at radius 3 is 1.35 bits per heavy atom. The van der Waals surface area contributed by atoms with Gasteiger partial charge in [0.25, 0.3) is 11.8 Å². The highest BCUT2D eigenvalue weighted by Crippen LogP contribution is 2.32. The Hall–Kier alpha value is -6.08. The Labute approximate surface area is 472 Å². The molecule has 0 aromatic heterocycles. The molecule has 7 rings (SSSR count). The molecule has 2 heterocycles. The second kappa shape index (κ2) is 30.9. The molecular weight excluding hydrogens is 1040 g/mol. The van der Waals surface area contributed by atoms with Crippen LogP contribution in [-0.4, -0.2) is 134 Å². The zero-order chi connectivity index (χ0) is 54.1. The fourth-order valence-corrected chi connectivity index (χ4v) is 11.1. The second-order valence-electron chi connectivity index (χ2n) is 20.9. The average Bonchev–Trinajstić information content (AvgIpc) is 4.20. The molecule has 2 aliphatic carbocycles. The summed E-state index contributed by atoms with van der Waals surface area (Å²) in [5, 5.41) is 23.9. The van der Waals surface area contributed by atoms with Crippen LogP contribution >= 0.6 is 24.8 Å². The monoisotopic (exact) mass is 1120 g/mol. The minimum atomic E-state index is -0.858. The molecule has 8 amide bonds. The first-order valence-electron chi connectivity index (χ1n) is 27.8. The second-order valence-corrected chi connectivity index (χ2v) is 20.9. The van der Waals surface area contributed by atoms with Crippen molar-refractivity contribution in [3.05, 3.63) is 106 Å². The van der Waals surface area contributed by atoms with Crippen LogP contribution in [-0.2, 0) is 41.6 Å². The van der Waals surface area contributed by atoms with Gasteiger partial charge in [0, 0.05) is 37.3 Å². The summed E-state index contributed by atoms with van der Waals surface area (Å²) in [4.78, 5) is 112. The highest BCUT2D eigenvalue weighted by molar-refractivity contribution is 6.00. The lowest BCUT2D eigenvalue weighted by molar-refractivity contribution is -0.142. The Morgan fingerprint density at radius 2 is 0.936 bits per heavy atom. The van der Waals surface area contributed by atoms with Gasteiger partial charge in [0.2, 0.25) is 35.4 Å².